The minimum Gasteiger partial charge on any atom is -0.378 e. The zero-order valence-electron chi connectivity index (χ0n) is 11.6. The zero-order chi connectivity index (χ0) is 13.1. The number of hydrogen-bond acceptors (Lipinski definition) is 5. The highest BCUT2D eigenvalue weighted by Crippen LogP contribution is 2.32. The molecule has 3 unspecified atom stereocenters. The van der Waals surface area contributed by atoms with Crippen LogP contribution < -0.4 is 5.32 Å². The third kappa shape index (κ3) is 2.98. The largest absolute Gasteiger partial charge is 0.378 e. The minimum absolute atomic E-state index is 0.289. The van der Waals surface area contributed by atoms with Crippen molar-refractivity contribution in [2.45, 2.75) is 63.0 Å². The van der Waals surface area contributed by atoms with Crippen molar-refractivity contribution in [1.82, 2.24) is 15.5 Å². The summed E-state index contributed by atoms with van der Waals surface area (Å²) in [7, 11) is 2.02. The first-order valence-electron chi connectivity index (χ1n) is 7.48. The smallest absolute Gasteiger partial charge is 0.231 e. The van der Waals surface area contributed by atoms with Crippen LogP contribution in [-0.4, -0.2) is 35.9 Å². The SMILES string of the molecule is CNC1CCCCC1c1nc(CC2CCCO2)no1. The molecule has 1 aliphatic carbocycles. The van der Waals surface area contributed by atoms with E-state index in [-0.39, 0.29) is 6.10 Å². The predicted molar refractivity (Wildman–Crippen MR) is 71.0 cm³/mol. The summed E-state index contributed by atoms with van der Waals surface area (Å²) >= 11 is 0. The van der Waals surface area contributed by atoms with Crippen molar-refractivity contribution in [1.29, 1.82) is 0 Å². The molecule has 0 amide bonds. The van der Waals surface area contributed by atoms with E-state index in [0.717, 1.165) is 44.0 Å². The van der Waals surface area contributed by atoms with E-state index in [4.69, 9.17) is 9.26 Å². The van der Waals surface area contributed by atoms with Crippen LogP contribution in [0.1, 0.15) is 56.2 Å². The van der Waals surface area contributed by atoms with Gasteiger partial charge in [0.1, 0.15) is 0 Å². The first-order valence-corrected chi connectivity index (χ1v) is 7.48. The van der Waals surface area contributed by atoms with Gasteiger partial charge >= 0.3 is 0 Å². The molecule has 0 bridgehead atoms. The summed E-state index contributed by atoms with van der Waals surface area (Å²) in [6, 6.07) is 0.477. The highest BCUT2D eigenvalue weighted by molar-refractivity contribution is 5.02. The van der Waals surface area contributed by atoms with E-state index in [1.54, 1.807) is 0 Å². The Hall–Kier alpha value is -0.940. The molecule has 1 aromatic heterocycles. The standard InChI is InChI=1S/C14H23N3O2/c1-15-12-7-3-2-6-11(12)14-16-13(17-19-14)9-10-5-4-8-18-10/h10-12,15H,2-9H2,1H3. The maximum atomic E-state index is 5.62. The van der Waals surface area contributed by atoms with E-state index in [0.29, 0.717) is 12.0 Å². The van der Waals surface area contributed by atoms with Crippen molar-refractivity contribution < 1.29 is 9.26 Å². The summed E-state index contributed by atoms with van der Waals surface area (Å²) in [6.45, 7) is 0.875. The van der Waals surface area contributed by atoms with E-state index in [2.05, 4.69) is 15.5 Å². The van der Waals surface area contributed by atoms with Crippen LogP contribution in [0.25, 0.3) is 0 Å². The Labute approximate surface area is 114 Å². The third-order valence-electron chi connectivity index (χ3n) is 4.37. The van der Waals surface area contributed by atoms with Crippen molar-refractivity contribution in [3.8, 4) is 0 Å². The van der Waals surface area contributed by atoms with Gasteiger partial charge in [-0.2, -0.15) is 4.98 Å². The van der Waals surface area contributed by atoms with Crippen LogP contribution in [0.15, 0.2) is 4.52 Å². The Morgan fingerprint density at radius 2 is 2.11 bits per heavy atom. The quantitative estimate of drug-likeness (QED) is 0.902. The lowest BCUT2D eigenvalue weighted by Gasteiger charge is -2.28. The van der Waals surface area contributed by atoms with Crippen molar-refractivity contribution >= 4 is 0 Å². The van der Waals surface area contributed by atoms with Crippen LogP contribution in [0, 0.1) is 0 Å². The number of hydrogen-bond donors (Lipinski definition) is 1. The number of ether oxygens (including phenoxy) is 1. The second-order valence-electron chi connectivity index (χ2n) is 5.67. The lowest BCUT2D eigenvalue weighted by molar-refractivity contribution is 0.109. The van der Waals surface area contributed by atoms with Crippen molar-refractivity contribution in [3.05, 3.63) is 11.7 Å². The summed E-state index contributed by atoms with van der Waals surface area (Å²) in [5.41, 5.74) is 0. The Morgan fingerprint density at radius 1 is 1.21 bits per heavy atom. The van der Waals surface area contributed by atoms with Crippen LogP contribution in [0.2, 0.25) is 0 Å². The molecule has 2 heterocycles. The normalized spacial score (nSPS) is 31.7. The van der Waals surface area contributed by atoms with E-state index >= 15 is 0 Å². The summed E-state index contributed by atoms with van der Waals surface area (Å²) in [5.74, 6) is 2.00. The number of likely N-dealkylation sites (N-methyl/N-ethyl adjacent to an activating group) is 1. The van der Waals surface area contributed by atoms with Crippen LogP contribution in [0.4, 0.5) is 0 Å². The second kappa shape index (κ2) is 6.01. The number of aromatic nitrogens is 2. The first kappa shape index (κ1) is 13.1. The fraction of sp³-hybridized carbons (Fsp3) is 0.857. The molecule has 2 fully saturated rings. The molecule has 0 spiro atoms. The molecule has 106 valence electrons. The van der Waals surface area contributed by atoms with E-state index < -0.39 is 0 Å². The highest BCUT2D eigenvalue weighted by atomic mass is 16.5. The molecule has 1 saturated carbocycles. The molecule has 3 atom stereocenters. The predicted octanol–water partition coefficient (Wildman–Crippen LogP) is 2.04. The van der Waals surface area contributed by atoms with Gasteiger partial charge in [0.25, 0.3) is 0 Å². The minimum atomic E-state index is 0.289. The summed E-state index contributed by atoms with van der Waals surface area (Å²) in [5, 5.41) is 7.51. The Balaban J connectivity index is 1.65. The molecule has 5 nitrogen and oxygen atoms in total. The maximum absolute atomic E-state index is 5.62. The van der Waals surface area contributed by atoms with Gasteiger partial charge in [0.2, 0.25) is 5.89 Å². The molecule has 19 heavy (non-hydrogen) atoms. The lowest BCUT2D eigenvalue weighted by Crippen LogP contribution is -2.34. The molecule has 5 heteroatoms. The Kier molecular flexibility index (Phi) is 4.13. The molecular formula is C14H23N3O2. The van der Waals surface area contributed by atoms with Gasteiger partial charge in [-0.05, 0) is 32.7 Å². The summed E-state index contributed by atoms with van der Waals surface area (Å²) in [6.07, 6.45) is 8.24. The highest BCUT2D eigenvalue weighted by Gasteiger charge is 2.30. The van der Waals surface area contributed by atoms with Gasteiger partial charge in [-0.25, -0.2) is 0 Å². The maximum Gasteiger partial charge on any atom is 0.231 e. The van der Waals surface area contributed by atoms with Gasteiger partial charge in [-0.3, -0.25) is 0 Å². The molecule has 0 aromatic carbocycles. The fourth-order valence-corrected chi connectivity index (χ4v) is 3.28. The van der Waals surface area contributed by atoms with Crippen LogP contribution in [0.3, 0.4) is 0 Å². The van der Waals surface area contributed by atoms with Crippen LogP contribution >= 0.6 is 0 Å². The summed E-state index contributed by atoms with van der Waals surface area (Å²) < 4.78 is 11.1. The molecular weight excluding hydrogens is 242 g/mol. The lowest BCUT2D eigenvalue weighted by atomic mass is 9.84. The third-order valence-corrected chi connectivity index (χ3v) is 4.37. The molecule has 1 aromatic rings. The Bertz CT molecular complexity index is 401. The average Bonchev–Trinajstić information content (AvgIpc) is 3.11. The Morgan fingerprint density at radius 3 is 2.89 bits per heavy atom. The van der Waals surface area contributed by atoms with E-state index in [1.807, 2.05) is 7.05 Å². The molecule has 0 radical (unpaired) electrons. The van der Waals surface area contributed by atoms with E-state index in [9.17, 15) is 0 Å². The molecule has 3 rings (SSSR count). The van der Waals surface area contributed by atoms with Crippen LogP contribution in [0.5, 0.6) is 0 Å². The van der Waals surface area contributed by atoms with Crippen molar-refractivity contribution in [3.63, 3.8) is 0 Å². The van der Waals surface area contributed by atoms with E-state index in [1.165, 1.54) is 19.3 Å². The van der Waals surface area contributed by atoms with Gasteiger partial charge < -0.3 is 14.6 Å². The summed E-state index contributed by atoms with van der Waals surface area (Å²) in [4.78, 5) is 4.60. The number of nitrogens with zero attached hydrogens (tertiary/aromatic N) is 2. The second-order valence-corrected chi connectivity index (χ2v) is 5.67. The average molecular weight is 265 g/mol. The van der Waals surface area contributed by atoms with Crippen LogP contribution in [-0.2, 0) is 11.2 Å². The van der Waals surface area contributed by atoms with Gasteiger partial charge in [0.15, 0.2) is 5.82 Å². The first-order chi connectivity index (χ1) is 9.36. The van der Waals surface area contributed by atoms with Crippen molar-refractivity contribution in [2.24, 2.45) is 0 Å². The topological polar surface area (TPSA) is 60.2 Å². The van der Waals surface area contributed by atoms with Gasteiger partial charge in [0.05, 0.1) is 12.0 Å². The van der Waals surface area contributed by atoms with Gasteiger partial charge in [-0.1, -0.05) is 18.0 Å². The van der Waals surface area contributed by atoms with Gasteiger partial charge in [0, 0.05) is 19.1 Å². The molecule has 1 aliphatic heterocycles. The molecule has 1 N–H and O–H groups in total. The monoisotopic (exact) mass is 265 g/mol. The molecule has 2 aliphatic rings. The number of nitrogens with one attached hydrogen (secondary N) is 1. The molecule has 1 saturated heterocycles. The fourth-order valence-electron chi connectivity index (χ4n) is 3.28. The number of rotatable bonds is 4. The van der Waals surface area contributed by atoms with Gasteiger partial charge in [-0.15, -0.1) is 0 Å². The van der Waals surface area contributed by atoms with Crippen molar-refractivity contribution in [2.75, 3.05) is 13.7 Å². The zero-order valence-corrected chi connectivity index (χ0v) is 11.6.